The number of nitrogens with zero attached hydrogens (tertiary/aromatic N) is 6. The van der Waals surface area contributed by atoms with Crippen LogP contribution < -0.4 is 11.1 Å². The van der Waals surface area contributed by atoms with E-state index in [1.807, 2.05) is 30.3 Å². The Morgan fingerprint density at radius 1 is 0.632 bits per heavy atom. The Balaban J connectivity index is 0.000000158. The van der Waals surface area contributed by atoms with Crippen LogP contribution in [0.15, 0.2) is 88.7 Å². The van der Waals surface area contributed by atoms with E-state index in [2.05, 4.69) is 40.8 Å². The zero-order valence-corrected chi connectivity index (χ0v) is 19.1. The SMILES string of the molecule is O=c1[nH]nnc2c(-c3cccc(C(F)(F)F)c3)nccc12.O=c1[nH]nnc2c(-c3ccccc3)nccc12. The Morgan fingerprint density at radius 3 is 1.71 bits per heavy atom. The fourth-order valence-electron chi connectivity index (χ4n) is 3.70. The summed E-state index contributed by atoms with van der Waals surface area (Å²) < 4.78 is 38.3. The lowest BCUT2D eigenvalue weighted by Gasteiger charge is -2.09. The first kappa shape index (κ1) is 24.4. The maximum Gasteiger partial charge on any atom is 0.416 e. The number of aromatic nitrogens is 8. The van der Waals surface area contributed by atoms with Crippen molar-refractivity contribution in [1.29, 1.82) is 0 Å². The van der Waals surface area contributed by atoms with Crippen LogP contribution in [-0.4, -0.2) is 40.8 Å². The summed E-state index contributed by atoms with van der Waals surface area (Å²) in [4.78, 5) is 31.5. The van der Waals surface area contributed by atoms with Gasteiger partial charge in [0.1, 0.15) is 11.0 Å². The van der Waals surface area contributed by atoms with Crippen molar-refractivity contribution in [2.75, 3.05) is 0 Å². The predicted octanol–water partition coefficient (Wildman–Crippen LogP) is 3.78. The van der Waals surface area contributed by atoms with E-state index in [1.165, 1.54) is 24.4 Å². The van der Waals surface area contributed by atoms with Crippen molar-refractivity contribution in [2.45, 2.75) is 6.18 Å². The summed E-state index contributed by atoms with van der Waals surface area (Å²) in [7, 11) is 0. The number of aromatic amines is 2. The van der Waals surface area contributed by atoms with E-state index in [-0.39, 0.29) is 27.7 Å². The second kappa shape index (κ2) is 9.97. The molecule has 0 aliphatic carbocycles. The zero-order valence-electron chi connectivity index (χ0n) is 19.1. The first-order chi connectivity index (χ1) is 18.3. The third kappa shape index (κ3) is 4.84. The molecule has 0 atom stereocenters. The summed E-state index contributed by atoms with van der Waals surface area (Å²) in [6, 6.07) is 17.3. The number of benzene rings is 2. The van der Waals surface area contributed by atoms with Crippen LogP contribution in [0.5, 0.6) is 0 Å². The highest BCUT2D eigenvalue weighted by molar-refractivity contribution is 5.91. The molecule has 188 valence electrons. The molecule has 13 heteroatoms. The molecule has 0 aliphatic heterocycles. The van der Waals surface area contributed by atoms with E-state index in [9.17, 15) is 22.8 Å². The average molecular weight is 516 g/mol. The van der Waals surface area contributed by atoms with Crippen LogP contribution in [0, 0.1) is 0 Å². The normalized spacial score (nSPS) is 11.2. The molecule has 6 rings (SSSR count). The smallest absolute Gasteiger partial charge is 0.267 e. The molecular formula is C25H15F3N8O2. The first-order valence-corrected chi connectivity index (χ1v) is 11.0. The Morgan fingerprint density at radius 2 is 1.16 bits per heavy atom. The molecule has 0 amide bonds. The molecule has 0 fully saturated rings. The van der Waals surface area contributed by atoms with Crippen LogP contribution >= 0.6 is 0 Å². The lowest BCUT2D eigenvalue weighted by Crippen LogP contribution is -2.10. The minimum Gasteiger partial charge on any atom is -0.267 e. The number of rotatable bonds is 2. The zero-order chi connectivity index (χ0) is 26.7. The van der Waals surface area contributed by atoms with E-state index in [0.29, 0.717) is 16.6 Å². The first-order valence-electron chi connectivity index (χ1n) is 11.0. The maximum absolute atomic E-state index is 12.8. The summed E-state index contributed by atoms with van der Waals surface area (Å²) in [5, 5.41) is 19.9. The maximum atomic E-state index is 12.8. The molecule has 0 saturated heterocycles. The van der Waals surface area contributed by atoms with Gasteiger partial charge in [-0.3, -0.25) is 19.6 Å². The number of fused-ring (bicyclic) bond motifs is 2. The lowest BCUT2D eigenvalue weighted by atomic mass is 10.1. The quantitative estimate of drug-likeness (QED) is 0.354. The number of alkyl halides is 3. The number of hydrogen-bond acceptors (Lipinski definition) is 8. The van der Waals surface area contributed by atoms with Crippen molar-refractivity contribution in [2.24, 2.45) is 0 Å². The second-order valence-corrected chi connectivity index (χ2v) is 7.84. The van der Waals surface area contributed by atoms with E-state index < -0.39 is 17.3 Å². The van der Waals surface area contributed by atoms with Crippen LogP contribution in [0.4, 0.5) is 13.2 Å². The topological polar surface area (TPSA) is 143 Å². The van der Waals surface area contributed by atoms with Gasteiger partial charge in [0, 0.05) is 23.5 Å². The van der Waals surface area contributed by atoms with Gasteiger partial charge in [-0.05, 0) is 24.3 Å². The molecule has 0 bridgehead atoms. The minimum absolute atomic E-state index is 0.153. The van der Waals surface area contributed by atoms with Crippen molar-refractivity contribution in [3.63, 3.8) is 0 Å². The van der Waals surface area contributed by atoms with Gasteiger partial charge in [-0.2, -0.15) is 13.2 Å². The van der Waals surface area contributed by atoms with Gasteiger partial charge in [0.25, 0.3) is 11.1 Å². The average Bonchev–Trinajstić information content (AvgIpc) is 2.93. The molecule has 0 radical (unpaired) electrons. The van der Waals surface area contributed by atoms with Crippen molar-refractivity contribution in [1.82, 2.24) is 40.8 Å². The van der Waals surface area contributed by atoms with Gasteiger partial charge in [0.15, 0.2) is 0 Å². The third-order valence-corrected chi connectivity index (χ3v) is 5.45. The van der Waals surface area contributed by atoms with Gasteiger partial charge >= 0.3 is 6.18 Å². The van der Waals surface area contributed by atoms with E-state index in [1.54, 1.807) is 12.3 Å². The standard InChI is InChI=1S/C13H7F3N4O.C12H8N4O/c14-13(15,16)8-3-1-2-7(6-8)10-11-9(4-5-17-10)12(21)19-20-18-11;17-12-9-6-7-13-10(11(9)14-16-15-12)8-4-2-1-3-5-8/h1-6H,(H,18,19,21);1-7H,(H,14,15,17). The lowest BCUT2D eigenvalue weighted by molar-refractivity contribution is -0.137. The molecule has 4 aromatic heterocycles. The molecule has 2 aromatic carbocycles. The molecule has 2 N–H and O–H groups in total. The molecule has 4 heterocycles. The second-order valence-electron chi connectivity index (χ2n) is 7.84. The molecule has 0 spiro atoms. The van der Waals surface area contributed by atoms with Crippen LogP contribution in [0.1, 0.15) is 5.56 Å². The van der Waals surface area contributed by atoms with Crippen molar-refractivity contribution in [3.8, 4) is 22.5 Å². The summed E-state index contributed by atoms with van der Waals surface area (Å²) in [5.74, 6) is 0. The van der Waals surface area contributed by atoms with Gasteiger partial charge < -0.3 is 0 Å². The number of pyridine rings is 2. The summed E-state index contributed by atoms with van der Waals surface area (Å²) in [5.41, 5.74) is 1.12. The highest BCUT2D eigenvalue weighted by Gasteiger charge is 2.30. The monoisotopic (exact) mass is 516 g/mol. The Hall–Kier alpha value is -5.33. The molecule has 0 unspecified atom stereocenters. The van der Waals surface area contributed by atoms with Crippen molar-refractivity contribution in [3.05, 3.63) is 105 Å². The Kier molecular flexibility index (Phi) is 6.39. The fraction of sp³-hybridized carbons (Fsp3) is 0.0400. The number of nitrogens with one attached hydrogen (secondary N) is 2. The van der Waals surface area contributed by atoms with E-state index in [4.69, 9.17) is 0 Å². The fourth-order valence-corrected chi connectivity index (χ4v) is 3.70. The molecule has 0 saturated carbocycles. The van der Waals surface area contributed by atoms with Gasteiger partial charge in [-0.25, -0.2) is 10.2 Å². The molecular weight excluding hydrogens is 501 g/mol. The summed E-state index contributed by atoms with van der Waals surface area (Å²) >= 11 is 0. The van der Waals surface area contributed by atoms with Gasteiger partial charge in [0.2, 0.25) is 0 Å². The minimum atomic E-state index is -4.45. The van der Waals surface area contributed by atoms with Crippen LogP contribution in [0.25, 0.3) is 44.3 Å². The predicted molar refractivity (Wildman–Crippen MR) is 132 cm³/mol. The van der Waals surface area contributed by atoms with Crippen LogP contribution in [0.3, 0.4) is 0 Å². The van der Waals surface area contributed by atoms with Gasteiger partial charge in [0.05, 0.1) is 27.7 Å². The van der Waals surface area contributed by atoms with E-state index >= 15 is 0 Å². The van der Waals surface area contributed by atoms with Crippen LogP contribution in [0.2, 0.25) is 0 Å². The largest absolute Gasteiger partial charge is 0.416 e. The van der Waals surface area contributed by atoms with Gasteiger partial charge in [-0.1, -0.05) is 52.9 Å². The molecule has 6 aromatic rings. The number of hydrogen-bond donors (Lipinski definition) is 2. The molecule has 0 aliphatic rings. The van der Waals surface area contributed by atoms with Gasteiger partial charge in [-0.15, -0.1) is 10.2 Å². The highest BCUT2D eigenvalue weighted by atomic mass is 19.4. The molecule has 10 nitrogen and oxygen atoms in total. The van der Waals surface area contributed by atoms with Crippen molar-refractivity contribution < 1.29 is 13.2 Å². The Bertz CT molecular complexity index is 1870. The van der Waals surface area contributed by atoms with Crippen LogP contribution in [-0.2, 0) is 6.18 Å². The summed E-state index contributed by atoms with van der Waals surface area (Å²) in [6.45, 7) is 0. The number of halogens is 3. The van der Waals surface area contributed by atoms with E-state index in [0.717, 1.165) is 17.7 Å². The van der Waals surface area contributed by atoms with Crippen molar-refractivity contribution >= 4 is 21.8 Å². The highest BCUT2D eigenvalue weighted by Crippen LogP contribution is 2.32. The Labute approximate surface area is 210 Å². The third-order valence-electron chi connectivity index (χ3n) is 5.45. The summed E-state index contributed by atoms with van der Waals surface area (Å²) in [6.07, 6.45) is -1.51. The molecule has 38 heavy (non-hydrogen) atoms. The number of H-pyrrole nitrogens is 2.